The average molecular weight is 268 g/mol. The summed E-state index contributed by atoms with van der Waals surface area (Å²) in [6.07, 6.45) is 18.1. The topological polar surface area (TPSA) is 9.23 Å². The van der Waals surface area contributed by atoms with E-state index in [1.54, 1.807) is 0 Å². The molecule has 0 N–H and O–H groups in total. The van der Waals surface area contributed by atoms with Crippen molar-refractivity contribution in [3.05, 3.63) is 0 Å². The summed E-state index contributed by atoms with van der Waals surface area (Å²) in [6.45, 7) is 4.65. The predicted octanol–water partition coefficient (Wildman–Crippen LogP) is 6.11. The van der Waals surface area contributed by atoms with Crippen LogP contribution < -0.4 is 0 Å². The van der Waals surface area contributed by atoms with E-state index in [2.05, 4.69) is 13.8 Å². The molecule has 0 aliphatic heterocycles. The van der Waals surface area contributed by atoms with Crippen molar-refractivity contribution in [2.75, 3.05) is 7.11 Å². The molecule has 114 valence electrons. The van der Waals surface area contributed by atoms with Crippen LogP contribution >= 0.6 is 0 Å². The van der Waals surface area contributed by atoms with Gasteiger partial charge in [-0.15, -0.1) is 0 Å². The number of rotatable bonds is 10. The van der Waals surface area contributed by atoms with Crippen molar-refractivity contribution < 1.29 is 4.74 Å². The van der Waals surface area contributed by atoms with Crippen LogP contribution in [0.1, 0.15) is 97.3 Å². The van der Waals surface area contributed by atoms with Crippen molar-refractivity contribution >= 4 is 0 Å². The van der Waals surface area contributed by atoms with Crippen molar-refractivity contribution in [3.63, 3.8) is 0 Å². The quantitative estimate of drug-likeness (QED) is 0.434. The Morgan fingerprint density at radius 3 is 2.05 bits per heavy atom. The van der Waals surface area contributed by atoms with Crippen molar-refractivity contribution in [1.82, 2.24) is 0 Å². The highest BCUT2D eigenvalue weighted by Crippen LogP contribution is 2.37. The van der Waals surface area contributed by atoms with Gasteiger partial charge in [-0.25, -0.2) is 0 Å². The molecule has 0 amide bonds. The third-order valence-electron chi connectivity index (χ3n) is 5.21. The number of unbranched alkanes of at least 4 members (excludes halogenated alkanes) is 6. The van der Waals surface area contributed by atoms with E-state index < -0.39 is 0 Å². The van der Waals surface area contributed by atoms with Gasteiger partial charge in [-0.05, 0) is 32.1 Å². The van der Waals surface area contributed by atoms with E-state index in [1.807, 2.05) is 7.11 Å². The maximum absolute atomic E-state index is 5.92. The SMILES string of the molecule is CCCCCCCCCC(C)(OC)C1CCCCC1. The molecule has 0 aromatic rings. The Kier molecular flexibility index (Phi) is 8.77. The molecule has 0 saturated heterocycles. The van der Waals surface area contributed by atoms with Gasteiger partial charge in [-0.2, -0.15) is 0 Å². The van der Waals surface area contributed by atoms with Crippen molar-refractivity contribution in [3.8, 4) is 0 Å². The van der Waals surface area contributed by atoms with Gasteiger partial charge < -0.3 is 4.74 Å². The summed E-state index contributed by atoms with van der Waals surface area (Å²) in [6, 6.07) is 0. The van der Waals surface area contributed by atoms with Crippen LogP contribution in [-0.4, -0.2) is 12.7 Å². The summed E-state index contributed by atoms with van der Waals surface area (Å²) in [5, 5.41) is 0. The van der Waals surface area contributed by atoms with Gasteiger partial charge in [-0.1, -0.05) is 71.1 Å². The largest absolute Gasteiger partial charge is 0.378 e. The highest BCUT2D eigenvalue weighted by molar-refractivity contribution is 4.85. The zero-order chi connectivity index (χ0) is 14.0. The molecule has 0 spiro atoms. The second-order valence-electron chi connectivity index (χ2n) is 6.72. The zero-order valence-electron chi connectivity index (χ0n) is 13.7. The Balaban J connectivity index is 2.16. The Bertz CT molecular complexity index is 208. The first-order chi connectivity index (χ1) is 9.23. The first kappa shape index (κ1) is 17.0. The maximum atomic E-state index is 5.92. The highest BCUT2D eigenvalue weighted by Gasteiger charge is 2.34. The molecule has 0 radical (unpaired) electrons. The summed E-state index contributed by atoms with van der Waals surface area (Å²) < 4.78 is 5.92. The monoisotopic (exact) mass is 268 g/mol. The first-order valence-electron chi connectivity index (χ1n) is 8.78. The van der Waals surface area contributed by atoms with Crippen LogP contribution in [0.5, 0.6) is 0 Å². The minimum atomic E-state index is 0.157. The van der Waals surface area contributed by atoms with Crippen LogP contribution in [0, 0.1) is 5.92 Å². The number of methoxy groups -OCH3 is 1. The first-order valence-corrected chi connectivity index (χ1v) is 8.78. The Hall–Kier alpha value is -0.0400. The minimum absolute atomic E-state index is 0.157. The Labute approximate surface area is 121 Å². The molecular formula is C18H36O. The number of ether oxygens (including phenoxy) is 1. The van der Waals surface area contributed by atoms with E-state index in [0.29, 0.717) is 0 Å². The molecule has 0 aromatic carbocycles. The third-order valence-corrected chi connectivity index (χ3v) is 5.21. The van der Waals surface area contributed by atoms with E-state index in [9.17, 15) is 0 Å². The summed E-state index contributed by atoms with van der Waals surface area (Å²) in [4.78, 5) is 0. The second-order valence-corrected chi connectivity index (χ2v) is 6.72. The minimum Gasteiger partial charge on any atom is -0.378 e. The third kappa shape index (κ3) is 6.29. The predicted molar refractivity (Wildman–Crippen MR) is 84.6 cm³/mol. The highest BCUT2D eigenvalue weighted by atomic mass is 16.5. The van der Waals surface area contributed by atoms with E-state index in [-0.39, 0.29) is 5.60 Å². The van der Waals surface area contributed by atoms with E-state index >= 15 is 0 Å². The van der Waals surface area contributed by atoms with E-state index in [1.165, 1.54) is 83.5 Å². The van der Waals surface area contributed by atoms with Crippen LogP contribution in [0.15, 0.2) is 0 Å². The van der Waals surface area contributed by atoms with Crippen LogP contribution in [0.2, 0.25) is 0 Å². The summed E-state index contributed by atoms with van der Waals surface area (Å²) in [5.74, 6) is 0.811. The molecule has 0 bridgehead atoms. The second kappa shape index (κ2) is 9.80. The summed E-state index contributed by atoms with van der Waals surface area (Å²) in [5.41, 5.74) is 0.157. The van der Waals surface area contributed by atoms with E-state index in [0.717, 1.165) is 5.92 Å². The molecular weight excluding hydrogens is 232 g/mol. The standard InChI is InChI=1S/C18H36O/c1-4-5-6-7-8-9-13-16-18(2,19-3)17-14-11-10-12-15-17/h17H,4-16H2,1-3H3. The normalized spacial score (nSPS) is 20.4. The van der Waals surface area contributed by atoms with Crippen LogP contribution in [0.4, 0.5) is 0 Å². The molecule has 1 aliphatic rings. The number of hydrogen-bond donors (Lipinski definition) is 0. The molecule has 1 heteroatoms. The fraction of sp³-hybridized carbons (Fsp3) is 1.00. The molecule has 1 aliphatic carbocycles. The summed E-state index contributed by atoms with van der Waals surface area (Å²) in [7, 11) is 1.93. The lowest BCUT2D eigenvalue weighted by Gasteiger charge is -2.39. The van der Waals surface area contributed by atoms with Crippen LogP contribution in [-0.2, 0) is 4.74 Å². The van der Waals surface area contributed by atoms with E-state index in [4.69, 9.17) is 4.74 Å². The van der Waals surface area contributed by atoms with Gasteiger partial charge in [0.25, 0.3) is 0 Å². The van der Waals surface area contributed by atoms with Gasteiger partial charge in [-0.3, -0.25) is 0 Å². The van der Waals surface area contributed by atoms with Gasteiger partial charge in [0.15, 0.2) is 0 Å². The molecule has 1 nitrogen and oxygen atoms in total. The van der Waals surface area contributed by atoms with Gasteiger partial charge >= 0.3 is 0 Å². The van der Waals surface area contributed by atoms with Gasteiger partial charge in [0.05, 0.1) is 5.60 Å². The smallest absolute Gasteiger partial charge is 0.0678 e. The molecule has 0 aromatic heterocycles. The van der Waals surface area contributed by atoms with Crippen LogP contribution in [0.25, 0.3) is 0 Å². The van der Waals surface area contributed by atoms with Crippen molar-refractivity contribution in [2.24, 2.45) is 5.92 Å². The molecule has 1 rings (SSSR count). The maximum Gasteiger partial charge on any atom is 0.0678 e. The molecule has 1 unspecified atom stereocenters. The number of hydrogen-bond acceptors (Lipinski definition) is 1. The lowest BCUT2D eigenvalue weighted by Crippen LogP contribution is -2.38. The molecule has 1 fully saturated rings. The van der Waals surface area contributed by atoms with Gasteiger partial charge in [0, 0.05) is 7.11 Å². The Morgan fingerprint density at radius 2 is 1.47 bits per heavy atom. The lowest BCUT2D eigenvalue weighted by atomic mass is 9.75. The van der Waals surface area contributed by atoms with Crippen molar-refractivity contribution in [2.45, 2.75) is 103 Å². The molecule has 1 saturated carbocycles. The molecule has 19 heavy (non-hydrogen) atoms. The summed E-state index contributed by atoms with van der Waals surface area (Å²) >= 11 is 0. The fourth-order valence-electron chi connectivity index (χ4n) is 3.62. The fourth-order valence-corrected chi connectivity index (χ4v) is 3.62. The van der Waals surface area contributed by atoms with Crippen molar-refractivity contribution in [1.29, 1.82) is 0 Å². The van der Waals surface area contributed by atoms with Gasteiger partial charge in [0.2, 0.25) is 0 Å². The van der Waals surface area contributed by atoms with Gasteiger partial charge in [0.1, 0.15) is 0 Å². The van der Waals surface area contributed by atoms with Crippen LogP contribution in [0.3, 0.4) is 0 Å². The zero-order valence-corrected chi connectivity index (χ0v) is 13.7. The average Bonchev–Trinajstić information content (AvgIpc) is 2.47. The molecule has 0 heterocycles. The Morgan fingerprint density at radius 1 is 0.895 bits per heavy atom. The lowest BCUT2D eigenvalue weighted by molar-refractivity contribution is -0.0626. The molecule has 1 atom stereocenters.